The lowest BCUT2D eigenvalue weighted by Gasteiger charge is -2.35. The molecule has 226 valence electrons. The van der Waals surface area contributed by atoms with Crippen LogP contribution in [0.2, 0.25) is 0 Å². The molecule has 10 nitrogen and oxygen atoms in total. The maximum absolute atomic E-state index is 14.4. The predicted octanol–water partition coefficient (Wildman–Crippen LogP) is 2.62. The van der Waals surface area contributed by atoms with Crippen molar-refractivity contribution in [3.63, 3.8) is 0 Å². The molecule has 0 aromatic heterocycles. The Balaban J connectivity index is 1.56. The van der Waals surface area contributed by atoms with Crippen LogP contribution in [0.1, 0.15) is 50.6 Å². The van der Waals surface area contributed by atoms with Gasteiger partial charge in [-0.05, 0) is 30.9 Å². The summed E-state index contributed by atoms with van der Waals surface area (Å²) in [5.41, 5.74) is -0.571. The summed E-state index contributed by atoms with van der Waals surface area (Å²) >= 11 is 3.58. The number of likely N-dealkylation sites (tertiary alicyclic amines) is 1. The number of unbranched alkanes of at least 4 members (excludes halogenated alkanes) is 1. The number of rotatable bonds is 7. The Morgan fingerprint density at radius 3 is 2.60 bits per heavy atom. The van der Waals surface area contributed by atoms with Crippen LogP contribution in [0.15, 0.2) is 53.0 Å². The number of ether oxygens (including phenoxy) is 2. The molecule has 1 aromatic rings. The van der Waals surface area contributed by atoms with Crippen molar-refractivity contribution < 1.29 is 33.8 Å². The van der Waals surface area contributed by atoms with Crippen molar-refractivity contribution in [1.82, 2.24) is 15.1 Å². The van der Waals surface area contributed by atoms with Gasteiger partial charge >= 0.3 is 5.97 Å². The molecule has 3 amide bonds. The third kappa shape index (κ3) is 5.66. The first-order valence-electron chi connectivity index (χ1n) is 14.7. The number of esters is 1. The molecular weight excluding hydrogens is 606 g/mol. The third-order valence-electron chi connectivity index (χ3n) is 8.55. The molecule has 2 N–H and O–H groups in total. The Bertz CT molecular complexity index is 1250. The third-order valence-corrected chi connectivity index (χ3v) is 9.23. The summed E-state index contributed by atoms with van der Waals surface area (Å²) < 4.78 is 12.7. The zero-order chi connectivity index (χ0) is 29.9. The van der Waals surface area contributed by atoms with Crippen LogP contribution in [0, 0.1) is 11.8 Å². The lowest BCUT2D eigenvalue weighted by atomic mass is 9.74. The molecule has 0 saturated carbocycles. The van der Waals surface area contributed by atoms with E-state index in [2.05, 4.69) is 21.2 Å². The fourth-order valence-electron chi connectivity index (χ4n) is 6.53. The summed E-state index contributed by atoms with van der Waals surface area (Å²) in [5.74, 6) is -3.23. The monoisotopic (exact) mass is 643 g/mol. The highest BCUT2D eigenvalue weighted by molar-refractivity contribution is 9.11. The van der Waals surface area contributed by atoms with Crippen LogP contribution in [0.5, 0.6) is 0 Å². The van der Waals surface area contributed by atoms with E-state index in [0.717, 1.165) is 18.4 Å². The molecule has 1 spiro atoms. The average Bonchev–Trinajstić information content (AvgIpc) is 3.58. The zero-order valence-electron chi connectivity index (χ0n) is 23.7. The number of cyclic esters (lactones) is 1. The number of allylic oxidation sites excluding steroid dienone is 1. The van der Waals surface area contributed by atoms with Crippen LogP contribution in [-0.4, -0.2) is 89.2 Å². The SMILES string of the molecule is CCCCN1C/C=C\CCC(=O)OC[C@@H](c2ccccc2)NC(=O)[C@@H]2[C@H]3O[C@@]4(C=C3Br)[C@H](C1=O)N(CCCO)C(=O)[C@@H]24. The van der Waals surface area contributed by atoms with E-state index in [1.807, 2.05) is 49.4 Å². The Hall–Kier alpha value is -3.02. The molecule has 6 atom stereocenters. The Labute approximate surface area is 254 Å². The van der Waals surface area contributed by atoms with Gasteiger partial charge in [-0.2, -0.15) is 0 Å². The van der Waals surface area contributed by atoms with Crippen LogP contribution >= 0.6 is 15.9 Å². The second kappa shape index (κ2) is 13.1. The fraction of sp³-hybridized carbons (Fsp3) is 0.548. The molecule has 2 saturated heterocycles. The normalized spacial score (nSPS) is 32.5. The molecule has 11 heteroatoms. The van der Waals surface area contributed by atoms with Gasteiger partial charge in [0.1, 0.15) is 24.4 Å². The first kappa shape index (κ1) is 30.4. The van der Waals surface area contributed by atoms with Crippen molar-refractivity contribution in [1.29, 1.82) is 0 Å². The van der Waals surface area contributed by atoms with Gasteiger partial charge in [0.2, 0.25) is 17.7 Å². The molecule has 0 unspecified atom stereocenters. The van der Waals surface area contributed by atoms with Gasteiger partial charge in [0.25, 0.3) is 0 Å². The summed E-state index contributed by atoms with van der Waals surface area (Å²) in [7, 11) is 0. The van der Waals surface area contributed by atoms with Gasteiger partial charge in [-0.1, -0.05) is 71.8 Å². The molecule has 4 heterocycles. The number of fused-ring (bicyclic) bond motifs is 2. The number of benzene rings is 1. The first-order chi connectivity index (χ1) is 20.3. The van der Waals surface area contributed by atoms with Crippen molar-refractivity contribution in [2.75, 3.05) is 32.8 Å². The maximum atomic E-state index is 14.4. The highest BCUT2D eigenvalue weighted by Crippen LogP contribution is 2.58. The number of carbonyl (C=O) groups is 4. The molecule has 2 fully saturated rings. The van der Waals surface area contributed by atoms with Gasteiger partial charge in [-0.3, -0.25) is 19.2 Å². The van der Waals surface area contributed by atoms with E-state index >= 15 is 0 Å². The van der Waals surface area contributed by atoms with Gasteiger partial charge in [0.05, 0.1) is 17.9 Å². The average molecular weight is 645 g/mol. The van der Waals surface area contributed by atoms with E-state index in [1.54, 1.807) is 11.0 Å². The minimum absolute atomic E-state index is 0.0636. The molecule has 1 aromatic carbocycles. The number of hydrogen-bond donors (Lipinski definition) is 2. The fourth-order valence-corrected chi connectivity index (χ4v) is 7.27. The Morgan fingerprint density at radius 2 is 1.86 bits per heavy atom. The van der Waals surface area contributed by atoms with Gasteiger partial charge in [-0.25, -0.2) is 0 Å². The highest BCUT2D eigenvalue weighted by Gasteiger charge is 2.74. The lowest BCUT2D eigenvalue weighted by molar-refractivity contribution is -0.148. The quantitative estimate of drug-likeness (QED) is 0.346. The second-order valence-electron chi connectivity index (χ2n) is 11.2. The van der Waals surface area contributed by atoms with Crippen LogP contribution < -0.4 is 5.32 Å². The number of halogens is 1. The molecule has 5 rings (SSSR count). The second-order valence-corrected chi connectivity index (χ2v) is 12.2. The molecular formula is C31H38BrN3O7. The van der Waals surface area contributed by atoms with E-state index in [4.69, 9.17) is 9.47 Å². The summed E-state index contributed by atoms with van der Waals surface area (Å²) in [6.45, 7) is 2.79. The van der Waals surface area contributed by atoms with Crippen LogP contribution in [0.4, 0.5) is 0 Å². The summed E-state index contributed by atoms with van der Waals surface area (Å²) in [6.07, 6.45) is 7.32. The van der Waals surface area contributed by atoms with Crippen molar-refractivity contribution in [2.24, 2.45) is 11.8 Å². The minimum Gasteiger partial charge on any atom is -0.463 e. The van der Waals surface area contributed by atoms with Gasteiger partial charge in [0, 0.05) is 37.1 Å². The van der Waals surface area contributed by atoms with E-state index in [0.29, 0.717) is 30.4 Å². The number of hydrogen-bond acceptors (Lipinski definition) is 7. The van der Waals surface area contributed by atoms with Gasteiger partial charge in [0.15, 0.2) is 0 Å². The number of carbonyl (C=O) groups excluding carboxylic acids is 4. The van der Waals surface area contributed by atoms with Crippen LogP contribution in [-0.2, 0) is 28.7 Å². The smallest absolute Gasteiger partial charge is 0.306 e. The maximum Gasteiger partial charge on any atom is 0.306 e. The number of nitrogens with one attached hydrogen (secondary N) is 1. The standard InChI is InChI=1S/C31H38BrN3O7/c1-2-3-14-34-15-9-5-8-13-23(37)41-19-22(20-11-6-4-7-12-20)33-28(38)24-25-29(39)35(16-10-17-36)27(30(34)40)31(25)18-21(32)26(24)42-31/h4-7,9,11-12,18,22,24-27,36H,2-3,8,10,13-17,19H2,1H3,(H,33,38)/b9-5-/t22-,24-,25+,26-,27-,31+/m0/s1. The molecule has 0 aliphatic carbocycles. The van der Waals surface area contributed by atoms with Gasteiger partial charge in [-0.15, -0.1) is 0 Å². The predicted molar refractivity (Wildman–Crippen MR) is 157 cm³/mol. The van der Waals surface area contributed by atoms with Crippen molar-refractivity contribution in [3.8, 4) is 0 Å². The number of aliphatic hydroxyl groups is 1. The Morgan fingerprint density at radius 1 is 1.07 bits per heavy atom. The summed E-state index contributed by atoms with van der Waals surface area (Å²) in [5, 5.41) is 12.6. The van der Waals surface area contributed by atoms with E-state index in [9.17, 15) is 24.3 Å². The molecule has 4 aliphatic heterocycles. The Kier molecular flexibility index (Phi) is 9.49. The van der Waals surface area contributed by atoms with Crippen LogP contribution in [0.25, 0.3) is 0 Å². The molecule has 5 bridgehead atoms. The number of nitrogens with zero attached hydrogens (tertiary/aromatic N) is 2. The largest absolute Gasteiger partial charge is 0.463 e. The first-order valence-corrected chi connectivity index (χ1v) is 15.5. The van der Waals surface area contributed by atoms with E-state index < -0.39 is 41.5 Å². The minimum atomic E-state index is -1.33. The van der Waals surface area contributed by atoms with Crippen LogP contribution in [0.3, 0.4) is 0 Å². The molecule has 42 heavy (non-hydrogen) atoms. The van der Waals surface area contributed by atoms with Crippen molar-refractivity contribution in [3.05, 3.63) is 58.6 Å². The molecule has 4 aliphatic rings. The van der Waals surface area contributed by atoms with E-state index in [1.165, 1.54) is 4.90 Å². The van der Waals surface area contributed by atoms with Crippen molar-refractivity contribution in [2.45, 2.75) is 62.8 Å². The number of aliphatic hydroxyl groups excluding tert-OH is 1. The lowest BCUT2D eigenvalue weighted by Crippen LogP contribution is -2.56. The zero-order valence-corrected chi connectivity index (χ0v) is 25.3. The topological polar surface area (TPSA) is 125 Å². The molecule has 0 radical (unpaired) electrons. The summed E-state index contributed by atoms with van der Waals surface area (Å²) in [6, 6.07) is 7.60. The summed E-state index contributed by atoms with van der Waals surface area (Å²) in [4.78, 5) is 58.3. The van der Waals surface area contributed by atoms with Gasteiger partial charge < -0.3 is 29.7 Å². The highest BCUT2D eigenvalue weighted by atomic mass is 79.9. The number of amides is 3. The van der Waals surface area contributed by atoms with E-state index in [-0.39, 0.29) is 44.0 Å². The van der Waals surface area contributed by atoms with Crippen molar-refractivity contribution >= 4 is 39.6 Å².